The zero-order valence-corrected chi connectivity index (χ0v) is 7.57. The molecule has 0 aliphatic rings. The van der Waals surface area contributed by atoms with Crippen LogP contribution in [0.5, 0.6) is 0 Å². The molecule has 0 radical (unpaired) electrons. The molecular weight excluding hydrogens is 152 g/mol. The summed E-state index contributed by atoms with van der Waals surface area (Å²) in [5, 5.41) is 8.87. The normalized spacial score (nSPS) is 13.8. The number of nitrogens with zero attached hydrogens (tertiary/aromatic N) is 1. The summed E-state index contributed by atoms with van der Waals surface area (Å²) in [7, 11) is 0. The maximum absolute atomic E-state index is 8.87. The molecule has 1 aromatic rings. The summed E-state index contributed by atoms with van der Waals surface area (Å²) in [6, 6.07) is 4.03. The van der Waals surface area contributed by atoms with Gasteiger partial charge in [-0.3, -0.25) is 0 Å². The first-order chi connectivity index (χ1) is 5.66. The molecule has 0 amide bonds. The van der Waals surface area contributed by atoms with E-state index < -0.39 is 0 Å². The average molecular weight is 168 g/mol. The summed E-state index contributed by atoms with van der Waals surface area (Å²) in [5.41, 5.74) is 6.70. The second-order valence-corrected chi connectivity index (χ2v) is 3.22. The zero-order valence-electron chi connectivity index (χ0n) is 7.57. The summed E-state index contributed by atoms with van der Waals surface area (Å²) >= 11 is 0. The van der Waals surface area contributed by atoms with Crippen molar-refractivity contribution in [3.63, 3.8) is 0 Å². The summed E-state index contributed by atoms with van der Waals surface area (Å²) in [5.74, 6) is 0. The molecule has 0 fully saturated rings. The monoisotopic (exact) mass is 168 g/mol. The number of aliphatic hydroxyl groups excluding tert-OH is 1. The van der Waals surface area contributed by atoms with Crippen molar-refractivity contribution >= 4 is 0 Å². The highest BCUT2D eigenvalue weighted by Gasteiger charge is 2.10. The lowest BCUT2D eigenvalue weighted by Crippen LogP contribution is -2.19. The number of rotatable bonds is 3. The van der Waals surface area contributed by atoms with Crippen LogP contribution in [0.2, 0.25) is 0 Å². The largest absolute Gasteiger partial charge is 0.394 e. The Morgan fingerprint density at radius 2 is 2.25 bits per heavy atom. The van der Waals surface area contributed by atoms with Gasteiger partial charge in [0.05, 0.1) is 12.6 Å². The molecule has 0 saturated carbocycles. The number of aliphatic hydroxyl groups is 1. The fourth-order valence-corrected chi connectivity index (χ4v) is 1.29. The Balaban J connectivity index is 2.91. The highest BCUT2D eigenvalue weighted by Crippen LogP contribution is 2.15. The van der Waals surface area contributed by atoms with E-state index in [-0.39, 0.29) is 12.6 Å². The van der Waals surface area contributed by atoms with Gasteiger partial charge in [-0.1, -0.05) is 0 Å². The Kier molecular flexibility index (Phi) is 2.89. The van der Waals surface area contributed by atoms with Gasteiger partial charge in [0, 0.05) is 17.9 Å². The maximum Gasteiger partial charge on any atom is 0.0684 e. The number of hydrogen-bond acceptors (Lipinski definition) is 2. The SMILES string of the molecule is CC(C)n1cccc1[C@H](N)CO. The highest BCUT2D eigenvalue weighted by molar-refractivity contribution is 5.12. The number of hydrogen-bond donors (Lipinski definition) is 2. The van der Waals surface area contributed by atoms with Crippen LogP contribution in [0.1, 0.15) is 31.6 Å². The fraction of sp³-hybridized carbons (Fsp3) is 0.556. The Morgan fingerprint density at radius 3 is 2.75 bits per heavy atom. The van der Waals surface area contributed by atoms with Crippen LogP contribution in [0.3, 0.4) is 0 Å². The smallest absolute Gasteiger partial charge is 0.0684 e. The van der Waals surface area contributed by atoms with Crippen molar-refractivity contribution in [3.8, 4) is 0 Å². The fourth-order valence-electron chi connectivity index (χ4n) is 1.29. The first-order valence-corrected chi connectivity index (χ1v) is 4.20. The van der Waals surface area contributed by atoms with Crippen LogP contribution in [0, 0.1) is 0 Å². The van der Waals surface area contributed by atoms with Crippen LogP contribution in [0.15, 0.2) is 18.3 Å². The standard InChI is InChI=1S/C9H16N2O/c1-7(2)11-5-3-4-9(11)8(10)6-12/h3-5,7-8,12H,6,10H2,1-2H3/t8-/m1/s1. The van der Waals surface area contributed by atoms with Crippen LogP contribution in [0.25, 0.3) is 0 Å². The van der Waals surface area contributed by atoms with E-state index in [0.717, 1.165) is 5.69 Å². The van der Waals surface area contributed by atoms with Gasteiger partial charge in [-0.2, -0.15) is 0 Å². The van der Waals surface area contributed by atoms with Crippen LogP contribution in [-0.4, -0.2) is 16.3 Å². The second kappa shape index (κ2) is 3.74. The minimum Gasteiger partial charge on any atom is -0.394 e. The predicted octanol–water partition coefficient (Wildman–Crippen LogP) is 1.06. The van der Waals surface area contributed by atoms with Gasteiger partial charge < -0.3 is 15.4 Å². The van der Waals surface area contributed by atoms with E-state index in [1.54, 1.807) is 0 Å². The lowest BCUT2D eigenvalue weighted by Gasteiger charge is -2.16. The van der Waals surface area contributed by atoms with Crippen LogP contribution in [0.4, 0.5) is 0 Å². The minimum absolute atomic E-state index is 0.00324. The van der Waals surface area contributed by atoms with E-state index in [4.69, 9.17) is 10.8 Å². The van der Waals surface area contributed by atoms with Crippen molar-refractivity contribution < 1.29 is 5.11 Å². The molecule has 0 aromatic carbocycles. The molecule has 3 nitrogen and oxygen atoms in total. The molecule has 1 rings (SSSR count). The summed E-state index contributed by atoms with van der Waals surface area (Å²) in [4.78, 5) is 0. The molecule has 1 heterocycles. The Hall–Kier alpha value is -0.800. The molecule has 0 bridgehead atoms. The molecular formula is C9H16N2O. The van der Waals surface area contributed by atoms with Crippen molar-refractivity contribution in [2.75, 3.05) is 6.61 Å². The zero-order chi connectivity index (χ0) is 9.14. The lowest BCUT2D eigenvalue weighted by molar-refractivity contribution is 0.262. The molecule has 1 atom stereocenters. The molecule has 0 aliphatic heterocycles. The Labute approximate surface area is 72.8 Å². The van der Waals surface area contributed by atoms with Crippen molar-refractivity contribution in [1.29, 1.82) is 0 Å². The second-order valence-electron chi connectivity index (χ2n) is 3.22. The average Bonchev–Trinajstić information content (AvgIpc) is 2.50. The van der Waals surface area contributed by atoms with E-state index >= 15 is 0 Å². The van der Waals surface area contributed by atoms with Gasteiger partial charge >= 0.3 is 0 Å². The first kappa shape index (κ1) is 9.29. The number of aromatic nitrogens is 1. The molecule has 3 heteroatoms. The van der Waals surface area contributed by atoms with E-state index in [1.807, 2.05) is 18.3 Å². The summed E-state index contributed by atoms with van der Waals surface area (Å²) < 4.78 is 2.07. The molecule has 12 heavy (non-hydrogen) atoms. The molecule has 0 aliphatic carbocycles. The van der Waals surface area contributed by atoms with Gasteiger partial charge in [0.25, 0.3) is 0 Å². The van der Waals surface area contributed by atoms with E-state index in [1.165, 1.54) is 0 Å². The highest BCUT2D eigenvalue weighted by atomic mass is 16.3. The lowest BCUT2D eigenvalue weighted by atomic mass is 10.2. The van der Waals surface area contributed by atoms with Gasteiger partial charge in [0.2, 0.25) is 0 Å². The summed E-state index contributed by atoms with van der Waals surface area (Å²) in [6.45, 7) is 4.18. The van der Waals surface area contributed by atoms with E-state index in [2.05, 4.69) is 18.4 Å². The topological polar surface area (TPSA) is 51.2 Å². The van der Waals surface area contributed by atoms with Crippen LogP contribution < -0.4 is 5.73 Å². The van der Waals surface area contributed by atoms with Gasteiger partial charge in [-0.15, -0.1) is 0 Å². The van der Waals surface area contributed by atoms with Crippen LogP contribution >= 0.6 is 0 Å². The molecule has 1 aromatic heterocycles. The Morgan fingerprint density at radius 1 is 1.58 bits per heavy atom. The van der Waals surface area contributed by atoms with Crippen molar-refractivity contribution in [1.82, 2.24) is 4.57 Å². The molecule has 0 saturated heterocycles. The predicted molar refractivity (Wildman–Crippen MR) is 48.8 cm³/mol. The third-order valence-corrected chi connectivity index (χ3v) is 1.94. The molecule has 3 N–H and O–H groups in total. The third kappa shape index (κ3) is 1.68. The van der Waals surface area contributed by atoms with Crippen molar-refractivity contribution in [3.05, 3.63) is 24.0 Å². The van der Waals surface area contributed by atoms with Crippen molar-refractivity contribution in [2.45, 2.75) is 25.9 Å². The van der Waals surface area contributed by atoms with Gasteiger partial charge in [0.1, 0.15) is 0 Å². The first-order valence-electron chi connectivity index (χ1n) is 4.20. The minimum atomic E-state index is -0.262. The van der Waals surface area contributed by atoms with E-state index in [0.29, 0.717) is 6.04 Å². The number of nitrogens with two attached hydrogens (primary N) is 1. The molecule has 0 unspecified atom stereocenters. The van der Waals surface area contributed by atoms with Gasteiger partial charge in [-0.05, 0) is 26.0 Å². The van der Waals surface area contributed by atoms with E-state index in [9.17, 15) is 0 Å². The maximum atomic E-state index is 8.87. The Bertz CT molecular complexity index is 242. The summed E-state index contributed by atoms with van der Waals surface area (Å²) in [6.07, 6.45) is 1.98. The van der Waals surface area contributed by atoms with Gasteiger partial charge in [0.15, 0.2) is 0 Å². The quantitative estimate of drug-likeness (QED) is 0.709. The van der Waals surface area contributed by atoms with Gasteiger partial charge in [-0.25, -0.2) is 0 Å². The van der Waals surface area contributed by atoms with Crippen LogP contribution in [-0.2, 0) is 0 Å². The third-order valence-electron chi connectivity index (χ3n) is 1.94. The molecule has 0 spiro atoms. The van der Waals surface area contributed by atoms with Crippen molar-refractivity contribution in [2.24, 2.45) is 5.73 Å². The molecule has 68 valence electrons.